The van der Waals surface area contributed by atoms with Crippen molar-refractivity contribution in [3.05, 3.63) is 57.1 Å². The molecule has 118 valence electrons. The average Bonchev–Trinajstić information content (AvgIpc) is 2.91. The van der Waals surface area contributed by atoms with Crippen LogP contribution in [0.25, 0.3) is 6.08 Å². The molecule has 0 aliphatic carbocycles. The van der Waals surface area contributed by atoms with E-state index in [1.54, 1.807) is 5.38 Å². The maximum absolute atomic E-state index is 11.7. The third kappa shape index (κ3) is 5.00. The molecule has 0 saturated heterocycles. The molecule has 0 fully saturated rings. The minimum Gasteiger partial charge on any atom is -0.481 e. The highest BCUT2D eigenvalue weighted by atomic mass is 32.1. The smallest absolute Gasteiger partial charge is 0.309 e. The van der Waals surface area contributed by atoms with Gasteiger partial charge in [-0.3, -0.25) is 25.0 Å². The average molecular weight is 333 g/mol. The Balaban J connectivity index is 1.94. The predicted octanol–water partition coefficient (Wildman–Crippen LogP) is 2.33. The number of nitro benzene ring substituents is 1. The normalized spacial score (nSPS) is 10.6. The van der Waals surface area contributed by atoms with Crippen LogP contribution < -0.4 is 5.32 Å². The number of nitrogens with zero attached hydrogens (tertiary/aromatic N) is 2. The first-order valence-electron chi connectivity index (χ1n) is 6.34. The van der Waals surface area contributed by atoms with Gasteiger partial charge in [-0.05, 0) is 23.8 Å². The predicted molar refractivity (Wildman–Crippen MR) is 84.2 cm³/mol. The fourth-order valence-electron chi connectivity index (χ4n) is 1.63. The number of hydrogen-bond acceptors (Lipinski definition) is 6. The molecule has 2 rings (SSSR count). The Bertz CT molecular complexity index is 767. The fourth-order valence-corrected chi connectivity index (χ4v) is 2.34. The van der Waals surface area contributed by atoms with Crippen molar-refractivity contribution in [1.82, 2.24) is 4.98 Å². The van der Waals surface area contributed by atoms with Crippen LogP contribution in [0.5, 0.6) is 0 Å². The van der Waals surface area contributed by atoms with Crippen molar-refractivity contribution in [1.29, 1.82) is 0 Å². The van der Waals surface area contributed by atoms with Gasteiger partial charge in [0.25, 0.3) is 5.69 Å². The SMILES string of the molecule is O=C(O)Cc1csc(NC(=O)/C=C/c2ccc([N+](=O)[O-])cc2)n1. The summed E-state index contributed by atoms with van der Waals surface area (Å²) in [6.45, 7) is 0. The van der Waals surface area contributed by atoms with Gasteiger partial charge >= 0.3 is 5.97 Å². The summed E-state index contributed by atoms with van der Waals surface area (Å²) in [4.78, 5) is 36.3. The topological polar surface area (TPSA) is 122 Å². The van der Waals surface area contributed by atoms with E-state index in [-0.39, 0.29) is 12.1 Å². The Morgan fingerprint density at radius 3 is 2.65 bits per heavy atom. The number of benzene rings is 1. The molecule has 1 amide bonds. The summed E-state index contributed by atoms with van der Waals surface area (Å²) in [7, 11) is 0. The number of carboxylic acids is 1. The quantitative estimate of drug-likeness (QED) is 0.475. The number of carboxylic acid groups (broad SMARTS) is 1. The molecule has 2 N–H and O–H groups in total. The molecule has 0 spiro atoms. The van der Waals surface area contributed by atoms with Gasteiger partial charge in [-0.1, -0.05) is 0 Å². The number of thiazole rings is 1. The molecule has 1 aromatic heterocycles. The molecule has 2 aromatic rings. The van der Waals surface area contributed by atoms with E-state index >= 15 is 0 Å². The Hall–Kier alpha value is -3.07. The number of carbonyl (C=O) groups excluding carboxylic acids is 1. The van der Waals surface area contributed by atoms with Crippen molar-refractivity contribution in [2.75, 3.05) is 5.32 Å². The number of rotatable bonds is 6. The maximum Gasteiger partial charge on any atom is 0.309 e. The van der Waals surface area contributed by atoms with E-state index in [9.17, 15) is 19.7 Å². The van der Waals surface area contributed by atoms with Crippen molar-refractivity contribution in [3.63, 3.8) is 0 Å². The van der Waals surface area contributed by atoms with Crippen LogP contribution in [-0.4, -0.2) is 26.9 Å². The Labute approximate surface area is 134 Å². The minimum atomic E-state index is -0.994. The molecule has 1 aromatic carbocycles. The number of hydrogen-bond donors (Lipinski definition) is 2. The number of nitro groups is 1. The van der Waals surface area contributed by atoms with E-state index in [1.807, 2.05) is 0 Å². The van der Waals surface area contributed by atoms with Crippen LogP contribution in [0, 0.1) is 10.1 Å². The zero-order valence-electron chi connectivity index (χ0n) is 11.6. The van der Waals surface area contributed by atoms with Crippen LogP contribution in [-0.2, 0) is 16.0 Å². The molecule has 0 aliphatic rings. The van der Waals surface area contributed by atoms with Gasteiger partial charge in [-0.2, -0.15) is 0 Å². The fraction of sp³-hybridized carbons (Fsp3) is 0.0714. The molecular weight excluding hydrogens is 322 g/mol. The molecule has 0 saturated carbocycles. The number of carbonyl (C=O) groups is 2. The summed E-state index contributed by atoms with van der Waals surface area (Å²) in [6, 6.07) is 5.74. The summed E-state index contributed by atoms with van der Waals surface area (Å²) in [5.41, 5.74) is 0.981. The molecule has 0 aliphatic heterocycles. The highest BCUT2D eigenvalue weighted by Gasteiger charge is 2.07. The zero-order chi connectivity index (χ0) is 16.8. The number of aromatic nitrogens is 1. The standard InChI is InChI=1S/C14H11N3O5S/c18-12(16-14-15-10(8-23-14)7-13(19)20)6-3-9-1-4-11(5-2-9)17(21)22/h1-6,8H,7H2,(H,19,20)(H,15,16,18)/b6-3+. The van der Waals surface area contributed by atoms with E-state index in [2.05, 4.69) is 10.3 Å². The largest absolute Gasteiger partial charge is 0.481 e. The van der Waals surface area contributed by atoms with Crippen molar-refractivity contribution in [2.24, 2.45) is 0 Å². The Kier molecular flexibility index (Phi) is 5.15. The maximum atomic E-state index is 11.7. The second kappa shape index (κ2) is 7.27. The molecule has 23 heavy (non-hydrogen) atoms. The zero-order valence-corrected chi connectivity index (χ0v) is 12.4. The third-order valence-corrected chi connectivity index (χ3v) is 3.45. The number of aliphatic carboxylic acids is 1. The van der Waals surface area contributed by atoms with E-state index in [4.69, 9.17) is 5.11 Å². The summed E-state index contributed by atoms with van der Waals surface area (Å²) >= 11 is 1.13. The van der Waals surface area contributed by atoms with E-state index < -0.39 is 16.8 Å². The minimum absolute atomic E-state index is 0.0275. The van der Waals surface area contributed by atoms with Gasteiger partial charge in [-0.25, -0.2) is 4.98 Å². The molecule has 1 heterocycles. The van der Waals surface area contributed by atoms with E-state index in [0.717, 1.165) is 11.3 Å². The lowest BCUT2D eigenvalue weighted by Gasteiger charge is -1.96. The summed E-state index contributed by atoms with van der Waals surface area (Å²) in [6.07, 6.45) is 2.56. The van der Waals surface area contributed by atoms with Crippen LogP contribution in [0.2, 0.25) is 0 Å². The number of amides is 1. The van der Waals surface area contributed by atoms with Gasteiger partial charge in [0, 0.05) is 23.6 Å². The second-order valence-corrected chi connectivity index (χ2v) is 5.24. The highest BCUT2D eigenvalue weighted by Crippen LogP contribution is 2.16. The highest BCUT2D eigenvalue weighted by molar-refractivity contribution is 7.14. The second-order valence-electron chi connectivity index (χ2n) is 4.39. The van der Waals surface area contributed by atoms with Gasteiger partial charge in [0.15, 0.2) is 5.13 Å². The lowest BCUT2D eigenvalue weighted by atomic mass is 10.2. The van der Waals surface area contributed by atoms with Crippen molar-refractivity contribution >= 4 is 40.1 Å². The third-order valence-electron chi connectivity index (χ3n) is 2.65. The molecule has 0 bridgehead atoms. The van der Waals surface area contributed by atoms with Crippen LogP contribution in [0.3, 0.4) is 0 Å². The lowest BCUT2D eigenvalue weighted by molar-refractivity contribution is -0.384. The van der Waals surface area contributed by atoms with Gasteiger partial charge in [-0.15, -0.1) is 11.3 Å². The molecule has 0 unspecified atom stereocenters. The van der Waals surface area contributed by atoms with Crippen LogP contribution in [0.4, 0.5) is 10.8 Å². The Morgan fingerprint density at radius 1 is 1.35 bits per heavy atom. The number of anilines is 1. The van der Waals surface area contributed by atoms with Crippen molar-refractivity contribution in [3.8, 4) is 0 Å². The van der Waals surface area contributed by atoms with Gasteiger partial charge in [0.05, 0.1) is 17.0 Å². The van der Waals surface area contributed by atoms with Gasteiger partial charge in [0.1, 0.15) is 0 Å². The van der Waals surface area contributed by atoms with Crippen molar-refractivity contribution < 1.29 is 19.6 Å². The molecular formula is C14H11N3O5S. The summed E-state index contributed by atoms with van der Waals surface area (Å²) in [5, 5.41) is 23.6. The van der Waals surface area contributed by atoms with E-state index in [0.29, 0.717) is 16.4 Å². The van der Waals surface area contributed by atoms with Crippen LogP contribution in [0.1, 0.15) is 11.3 Å². The summed E-state index contributed by atoms with van der Waals surface area (Å²) in [5.74, 6) is -1.43. The first kappa shape index (κ1) is 16.3. The molecule has 8 nitrogen and oxygen atoms in total. The molecule has 9 heteroatoms. The van der Waals surface area contributed by atoms with Gasteiger partial charge < -0.3 is 5.11 Å². The first-order valence-corrected chi connectivity index (χ1v) is 7.22. The van der Waals surface area contributed by atoms with Crippen molar-refractivity contribution in [2.45, 2.75) is 6.42 Å². The monoisotopic (exact) mass is 333 g/mol. The van der Waals surface area contributed by atoms with E-state index in [1.165, 1.54) is 36.4 Å². The first-order chi connectivity index (χ1) is 10.9. The number of nitrogens with one attached hydrogen (secondary N) is 1. The summed E-state index contributed by atoms with van der Waals surface area (Å²) < 4.78 is 0. The molecule has 0 atom stereocenters. The van der Waals surface area contributed by atoms with Gasteiger partial charge in [0.2, 0.25) is 5.91 Å². The number of non-ortho nitro benzene ring substituents is 1. The lowest BCUT2D eigenvalue weighted by Crippen LogP contribution is -2.08. The Morgan fingerprint density at radius 2 is 2.04 bits per heavy atom. The van der Waals surface area contributed by atoms with Crippen LogP contribution >= 0.6 is 11.3 Å². The van der Waals surface area contributed by atoms with Crippen LogP contribution in [0.15, 0.2) is 35.7 Å². The molecule has 0 radical (unpaired) electrons.